The normalized spacial score (nSPS) is 24.5. The number of nitrogens with zero attached hydrogens (tertiary/aromatic N) is 2. The standard InChI is InChI=1S/C24H32N2O6/c27-17-25(32-22-11-4-5-12-30-22)15-20(13-18-9-6-10-18)23(28)26-21(16-31-24(26)29)14-19-7-2-1-3-8-19/h1-3,7-8,17-18,20-22H,4-6,9-16H2. The molecule has 3 amide bonds. The summed E-state index contributed by atoms with van der Waals surface area (Å²) < 4.78 is 10.8. The Morgan fingerprint density at radius 1 is 1.19 bits per heavy atom. The minimum absolute atomic E-state index is 0.0977. The van der Waals surface area contributed by atoms with E-state index in [0.29, 0.717) is 38.2 Å². The molecular weight excluding hydrogens is 412 g/mol. The van der Waals surface area contributed by atoms with E-state index >= 15 is 0 Å². The monoisotopic (exact) mass is 444 g/mol. The summed E-state index contributed by atoms with van der Waals surface area (Å²) in [5.41, 5.74) is 1.04. The van der Waals surface area contributed by atoms with E-state index in [-0.39, 0.29) is 25.1 Å². The van der Waals surface area contributed by atoms with Crippen LogP contribution in [0.3, 0.4) is 0 Å². The van der Waals surface area contributed by atoms with Crippen LogP contribution in [0.2, 0.25) is 0 Å². The Morgan fingerprint density at radius 2 is 2.00 bits per heavy atom. The summed E-state index contributed by atoms with van der Waals surface area (Å²) in [5.74, 6) is -0.395. The van der Waals surface area contributed by atoms with Crippen LogP contribution in [0, 0.1) is 11.8 Å². The van der Waals surface area contributed by atoms with Gasteiger partial charge < -0.3 is 9.47 Å². The third-order valence-corrected chi connectivity index (χ3v) is 6.61. The number of carbonyl (C=O) groups excluding carboxylic acids is 3. The van der Waals surface area contributed by atoms with Crippen molar-refractivity contribution in [2.24, 2.45) is 11.8 Å². The van der Waals surface area contributed by atoms with Crippen LogP contribution in [0.25, 0.3) is 0 Å². The molecule has 174 valence electrons. The lowest BCUT2D eigenvalue weighted by Crippen LogP contribution is -2.47. The highest BCUT2D eigenvalue weighted by molar-refractivity contribution is 5.95. The molecule has 32 heavy (non-hydrogen) atoms. The second kappa shape index (κ2) is 10.9. The highest BCUT2D eigenvalue weighted by Crippen LogP contribution is 2.34. The van der Waals surface area contributed by atoms with Gasteiger partial charge in [0.25, 0.3) is 0 Å². The van der Waals surface area contributed by atoms with Crippen LogP contribution in [0.4, 0.5) is 4.79 Å². The first-order valence-corrected chi connectivity index (χ1v) is 11.7. The zero-order valence-corrected chi connectivity index (χ0v) is 18.4. The molecule has 3 aliphatic rings. The van der Waals surface area contributed by atoms with Crippen LogP contribution < -0.4 is 0 Å². The summed E-state index contributed by atoms with van der Waals surface area (Å²) >= 11 is 0. The van der Waals surface area contributed by atoms with Gasteiger partial charge in [-0.3, -0.25) is 9.59 Å². The smallest absolute Gasteiger partial charge is 0.416 e. The molecule has 8 heteroatoms. The minimum atomic E-state index is -0.608. The molecule has 3 unspecified atom stereocenters. The maximum atomic E-state index is 13.6. The fourth-order valence-electron chi connectivity index (χ4n) is 4.62. The Morgan fingerprint density at radius 3 is 2.66 bits per heavy atom. The van der Waals surface area contributed by atoms with Crippen LogP contribution in [0.5, 0.6) is 0 Å². The van der Waals surface area contributed by atoms with E-state index in [9.17, 15) is 14.4 Å². The second-order valence-corrected chi connectivity index (χ2v) is 8.96. The van der Waals surface area contributed by atoms with Gasteiger partial charge in [0, 0.05) is 13.0 Å². The van der Waals surface area contributed by atoms with Crippen LogP contribution in [0.1, 0.15) is 50.5 Å². The van der Waals surface area contributed by atoms with Gasteiger partial charge in [0.05, 0.1) is 18.5 Å². The number of amides is 3. The zero-order chi connectivity index (χ0) is 22.3. The summed E-state index contributed by atoms with van der Waals surface area (Å²) in [7, 11) is 0. The van der Waals surface area contributed by atoms with Crippen molar-refractivity contribution in [3.05, 3.63) is 35.9 Å². The second-order valence-electron chi connectivity index (χ2n) is 8.96. The average Bonchev–Trinajstić information content (AvgIpc) is 3.15. The van der Waals surface area contributed by atoms with E-state index in [1.165, 1.54) is 9.96 Å². The molecule has 1 saturated carbocycles. The van der Waals surface area contributed by atoms with Crippen LogP contribution in [-0.2, 0) is 30.3 Å². The van der Waals surface area contributed by atoms with E-state index in [0.717, 1.165) is 37.7 Å². The maximum Gasteiger partial charge on any atom is 0.416 e. The van der Waals surface area contributed by atoms with Gasteiger partial charge in [-0.15, -0.1) is 0 Å². The lowest BCUT2D eigenvalue weighted by molar-refractivity contribution is -0.276. The minimum Gasteiger partial charge on any atom is -0.447 e. The van der Waals surface area contributed by atoms with Crippen LogP contribution >= 0.6 is 0 Å². The highest BCUT2D eigenvalue weighted by Gasteiger charge is 2.42. The van der Waals surface area contributed by atoms with E-state index in [1.807, 2.05) is 30.3 Å². The van der Waals surface area contributed by atoms with Crippen molar-refractivity contribution in [1.82, 2.24) is 9.96 Å². The molecule has 3 fully saturated rings. The molecule has 8 nitrogen and oxygen atoms in total. The van der Waals surface area contributed by atoms with E-state index in [2.05, 4.69) is 0 Å². The first kappa shape index (κ1) is 22.7. The number of rotatable bonds is 10. The van der Waals surface area contributed by atoms with Gasteiger partial charge in [-0.2, -0.15) is 0 Å². The summed E-state index contributed by atoms with van der Waals surface area (Å²) in [5, 5.41) is 1.17. The van der Waals surface area contributed by atoms with E-state index < -0.39 is 18.3 Å². The van der Waals surface area contributed by atoms with Gasteiger partial charge in [-0.05, 0) is 37.2 Å². The predicted octanol–water partition coefficient (Wildman–Crippen LogP) is 3.30. The summed E-state index contributed by atoms with van der Waals surface area (Å²) in [6.07, 6.45) is 6.62. The van der Waals surface area contributed by atoms with Crippen LogP contribution in [-0.4, -0.2) is 60.5 Å². The summed E-state index contributed by atoms with van der Waals surface area (Å²) in [6, 6.07) is 9.40. The molecule has 3 atom stereocenters. The van der Waals surface area contributed by atoms with Crippen molar-refractivity contribution in [3.8, 4) is 0 Å². The number of imide groups is 1. The number of cyclic esters (lactones) is 1. The lowest BCUT2D eigenvalue weighted by Gasteiger charge is -2.34. The Kier molecular flexibility index (Phi) is 7.76. The molecule has 0 spiro atoms. The number of ether oxygens (including phenoxy) is 2. The van der Waals surface area contributed by atoms with Gasteiger partial charge in [-0.1, -0.05) is 49.6 Å². The van der Waals surface area contributed by atoms with Crippen molar-refractivity contribution >= 4 is 18.4 Å². The topological polar surface area (TPSA) is 85.4 Å². The molecule has 2 heterocycles. The van der Waals surface area contributed by atoms with Crippen molar-refractivity contribution in [1.29, 1.82) is 0 Å². The van der Waals surface area contributed by atoms with Crippen LogP contribution in [0.15, 0.2) is 30.3 Å². The summed E-state index contributed by atoms with van der Waals surface area (Å²) in [6.45, 7) is 0.878. The van der Waals surface area contributed by atoms with E-state index in [4.69, 9.17) is 14.3 Å². The molecule has 2 saturated heterocycles. The van der Waals surface area contributed by atoms with Crippen molar-refractivity contribution in [2.75, 3.05) is 19.8 Å². The first-order chi connectivity index (χ1) is 15.6. The fourth-order valence-corrected chi connectivity index (χ4v) is 4.62. The Hall–Kier alpha value is -2.45. The highest BCUT2D eigenvalue weighted by atomic mass is 16.8. The fraction of sp³-hybridized carbons (Fsp3) is 0.625. The Balaban J connectivity index is 1.45. The largest absolute Gasteiger partial charge is 0.447 e. The van der Waals surface area contributed by atoms with Gasteiger partial charge in [0.2, 0.25) is 12.3 Å². The molecule has 1 aromatic rings. The van der Waals surface area contributed by atoms with Gasteiger partial charge in [0.15, 0.2) is 6.29 Å². The number of hydrogen-bond acceptors (Lipinski definition) is 6. The quantitative estimate of drug-likeness (QED) is 0.407. The molecular formula is C24H32N2O6. The van der Waals surface area contributed by atoms with Crippen molar-refractivity contribution in [2.45, 2.75) is 63.7 Å². The van der Waals surface area contributed by atoms with E-state index in [1.54, 1.807) is 0 Å². The molecule has 1 aliphatic carbocycles. The molecule has 0 N–H and O–H groups in total. The molecule has 2 aliphatic heterocycles. The van der Waals surface area contributed by atoms with Gasteiger partial charge in [-0.25, -0.2) is 19.6 Å². The van der Waals surface area contributed by atoms with Crippen molar-refractivity contribution in [3.63, 3.8) is 0 Å². The lowest BCUT2D eigenvalue weighted by atomic mass is 9.78. The predicted molar refractivity (Wildman–Crippen MR) is 115 cm³/mol. The zero-order valence-electron chi connectivity index (χ0n) is 18.4. The Bertz CT molecular complexity index is 778. The van der Waals surface area contributed by atoms with Gasteiger partial charge >= 0.3 is 6.09 Å². The number of carbonyl (C=O) groups is 3. The first-order valence-electron chi connectivity index (χ1n) is 11.7. The number of hydroxylamine groups is 2. The third kappa shape index (κ3) is 5.66. The average molecular weight is 445 g/mol. The SMILES string of the molecule is O=CN(CC(CC1CCC1)C(=O)N1C(=O)OCC1Cc1ccccc1)OC1CCCCO1. The molecule has 0 radical (unpaired) electrons. The molecule has 1 aromatic carbocycles. The molecule has 0 bridgehead atoms. The maximum absolute atomic E-state index is 13.6. The van der Waals surface area contributed by atoms with Crippen molar-refractivity contribution < 1.29 is 28.7 Å². The Labute approximate surface area is 188 Å². The molecule has 0 aromatic heterocycles. The molecule has 4 rings (SSSR count). The van der Waals surface area contributed by atoms with Gasteiger partial charge in [0.1, 0.15) is 6.61 Å². The number of hydrogen-bond donors (Lipinski definition) is 0. The third-order valence-electron chi connectivity index (χ3n) is 6.61. The summed E-state index contributed by atoms with van der Waals surface area (Å²) in [4.78, 5) is 44.8. The number of benzene rings is 1.